The van der Waals surface area contributed by atoms with E-state index >= 15 is 0 Å². The number of rotatable bonds is 9. The summed E-state index contributed by atoms with van der Waals surface area (Å²) in [6.07, 6.45) is 0.655. The number of hydrogen-bond donors (Lipinski definition) is 1. The number of nitrogens with zero attached hydrogens (tertiary/aromatic N) is 1. The molecule has 2 N–H and O–H groups in total. The summed E-state index contributed by atoms with van der Waals surface area (Å²) in [7, 11) is -2.72. The van der Waals surface area contributed by atoms with Crippen LogP contribution in [0.5, 0.6) is 0 Å². The highest BCUT2D eigenvalue weighted by molar-refractivity contribution is 6.99. The molecule has 1 heterocycles. The van der Waals surface area contributed by atoms with Crippen molar-refractivity contribution in [1.29, 1.82) is 0 Å². The molecule has 3 aromatic carbocycles. The van der Waals surface area contributed by atoms with Crippen molar-refractivity contribution in [2.45, 2.75) is 77.2 Å². The van der Waals surface area contributed by atoms with Gasteiger partial charge in [-0.1, -0.05) is 112 Å². The van der Waals surface area contributed by atoms with Crippen LogP contribution in [0.3, 0.4) is 0 Å². The fourth-order valence-electron chi connectivity index (χ4n) is 6.20. The fraction of sp³-hybridized carbons (Fsp3) is 0.441. The lowest BCUT2D eigenvalue weighted by molar-refractivity contribution is -0.161. The van der Waals surface area contributed by atoms with E-state index in [-0.39, 0.29) is 29.0 Å². The molecular weight excluding hydrogens is 512 g/mol. The monoisotopic (exact) mass is 558 g/mol. The molecule has 0 saturated carbocycles. The molecule has 2 unspecified atom stereocenters. The first-order chi connectivity index (χ1) is 19.0. The zero-order valence-electron chi connectivity index (χ0n) is 25.0. The van der Waals surface area contributed by atoms with Crippen LogP contribution in [0.1, 0.15) is 53.5 Å². The Morgan fingerprint density at radius 1 is 0.850 bits per heavy atom. The van der Waals surface area contributed by atoms with Crippen molar-refractivity contribution in [3.63, 3.8) is 0 Å². The lowest BCUT2D eigenvalue weighted by Crippen LogP contribution is -2.67. The number of esters is 1. The molecule has 3 aromatic rings. The summed E-state index contributed by atoms with van der Waals surface area (Å²) in [6, 6.07) is 31.3. The molecule has 1 saturated heterocycles. The molecule has 0 aliphatic carbocycles. The van der Waals surface area contributed by atoms with Gasteiger partial charge >= 0.3 is 5.97 Å². The highest BCUT2D eigenvalue weighted by Gasteiger charge is 2.52. The van der Waals surface area contributed by atoms with E-state index in [4.69, 9.17) is 14.9 Å². The number of carbonyl (C=O) groups is 1. The predicted molar refractivity (Wildman–Crippen MR) is 166 cm³/mol. The van der Waals surface area contributed by atoms with Crippen LogP contribution in [0.2, 0.25) is 5.04 Å². The minimum Gasteiger partial charge on any atom is -0.459 e. The van der Waals surface area contributed by atoms with Gasteiger partial charge in [0.05, 0.1) is 0 Å². The molecule has 1 aliphatic heterocycles. The van der Waals surface area contributed by atoms with Crippen LogP contribution >= 0.6 is 0 Å². The van der Waals surface area contributed by atoms with Gasteiger partial charge in [-0.3, -0.25) is 9.69 Å². The Hall–Kier alpha value is -2.77. The number of likely N-dealkylation sites (tertiary alicyclic amines) is 1. The first-order valence-corrected chi connectivity index (χ1v) is 16.3. The van der Waals surface area contributed by atoms with Crippen molar-refractivity contribution in [2.75, 3.05) is 13.2 Å². The first-order valence-electron chi connectivity index (χ1n) is 14.4. The molecule has 0 radical (unpaired) electrons. The van der Waals surface area contributed by atoms with E-state index in [1.54, 1.807) is 0 Å². The van der Waals surface area contributed by atoms with Gasteiger partial charge in [0.2, 0.25) is 0 Å². The number of benzene rings is 3. The maximum atomic E-state index is 13.5. The second kappa shape index (κ2) is 12.4. The van der Waals surface area contributed by atoms with Gasteiger partial charge in [-0.15, -0.1) is 0 Å². The smallest absolute Gasteiger partial charge is 0.323 e. The fourth-order valence-corrected chi connectivity index (χ4v) is 10.8. The normalized spacial score (nSPS) is 20.4. The van der Waals surface area contributed by atoms with Crippen LogP contribution in [-0.2, 0) is 20.5 Å². The Kier molecular flexibility index (Phi) is 9.35. The standard InChI is InChI=1S/C34H46N2O3Si/c1-33(2,3)39-32(37)30-22-27(31(23-35)36(30)24-26-16-10-7-11-17-26)25-38-40(34(4,5)6,28-18-12-8-13-19-28)29-20-14-9-15-21-29/h7-21,27,30-31H,22-25,35H2,1-6H3/t27-,30?,31?/m0/s1. The van der Waals surface area contributed by atoms with E-state index in [0.29, 0.717) is 26.1 Å². The van der Waals surface area contributed by atoms with Crippen LogP contribution in [0, 0.1) is 5.92 Å². The zero-order valence-corrected chi connectivity index (χ0v) is 26.0. The maximum absolute atomic E-state index is 13.5. The predicted octanol–water partition coefficient (Wildman–Crippen LogP) is 5.12. The van der Waals surface area contributed by atoms with Gasteiger partial charge < -0.3 is 14.9 Å². The van der Waals surface area contributed by atoms with Gasteiger partial charge in [-0.25, -0.2) is 0 Å². The van der Waals surface area contributed by atoms with Crippen LogP contribution in [0.15, 0.2) is 91.0 Å². The summed E-state index contributed by atoms with van der Waals surface area (Å²) in [5, 5.41) is 2.38. The minimum absolute atomic E-state index is 0.00376. The summed E-state index contributed by atoms with van der Waals surface area (Å²) in [5.41, 5.74) is 7.06. The van der Waals surface area contributed by atoms with Gasteiger partial charge in [0.1, 0.15) is 11.6 Å². The Balaban J connectivity index is 1.70. The van der Waals surface area contributed by atoms with E-state index in [2.05, 4.69) is 98.5 Å². The number of nitrogens with two attached hydrogens (primary N) is 1. The topological polar surface area (TPSA) is 64.8 Å². The third-order valence-corrected chi connectivity index (χ3v) is 13.0. The average molecular weight is 559 g/mol. The quantitative estimate of drug-likeness (QED) is 0.292. The van der Waals surface area contributed by atoms with E-state index in [0.717, 1.165) is 5.56 Å². The molecule has 0 spiro atoms. The van der Waals surface area contributed by atoms with E-state index < -0.39 is 13.9 Å². The molecule has 0 amide bonds. The Labute approximate surface area is 241 Å². The Morgan fingerprint density at radius 2 is 1.35 bits per heavy atom. The molecule has 0 aromatic heterocycles. The molecule has 5 nitrogen and oxygen atoms in total. The van der Waals surface area contributed by atoms with Crippen molar-refractivity contribution in [3.8, 4) is 0 Å². The van der Waals surface area contributed by atoms with Crippen molar-refractivity contribution in [1.82, 2.24) is 4.90 Å². The first kappa shape index (κ1) is 30.2. The largest absolute Gasteiger partial charge is 0.459 e. The Bertz CT molecular complexity index is 1180. The molecule has 6 heteroatoms. The second-order valence-electron chi connectivity index (χ2n) is 13.0. The molecule has 0 bridgehead atoms. The van der Waals surface area contributed by atoms with Crippen LogP contribution in [-0.4, -0.2) is 50.0 Å². The summed E-state index contributed by atoms with van der Waals surface area (Å²) in [4.78, 5) is 15.8. The van der Waals surface area contributed by atoms with Gasteiger partial charge in [0.25, 0.3) is 8.32 Å². The second-order valence-corrected chi connectivity index (χ2v) is 17.3. The molecule has 1 fully saturated rings. The van der Waals surface area contributed by atoms with Crippen LogP contribution in [0.25, 0.3) is 0 Å². The molecule has 40 heavy (non-hydrogen) atoms. The molecular formula is C34H46N2O3Si. The van der Waals surface area contributed by atoms with Gasteiger partial charge in [-0.05, 0) is 54.1 Å². The summed E-state index contributed by atoms with van der Waals surface area (Å²) in [5.74, 6) is -0.0947. The highest BCUT2D eigenvalue weighted by atomic mass is 28.4. The zero-order chi connectivity index (χ0) is 29.0. The average Bonchev–Trinajstić information content (AvgIpc) is 3.26. The maximum Gasteiger partial charge on any atom is 0.323 e. The van der Waals surface area contributed by atoms with E-state index in [9.17, 15) is 4.79 Å². The third kappa shape index (κ3) is 6.57. The number of hydrogen-bond acceptors (Lipinski definition) is 5. The summed E-state index contributed by atoms with van der Waals surface area (Å²) >= 11 is 0. The lowest BCUT2D eigenvalue weighted by Gasteiger charge is -2.44. The van der Waals surface area contributed by atoms with Crippen molar-refractivity contribution in [3.05, 3.63) is 96.6 Å². The van der Waals surface area contributed by atoms with Crippen LogP contribution in [0.4, 0.5) is 0 Å². The third-order valence-electron chi connectivity index (χ3n) is 7.96. The summed E-state index contributed by atoms with van der Waals surface area (Å²) in [6.45, 7) is 14.3. The SMILES string of the molecule is CC(C)(C)OC(=O)C1C[C@@H](CO[Si](c2ccccc2)(c2ccccc2)C(C)(C)C)C(CN)N1Cc1ccccc1. The van der Waals surface area contributed by atoms with Crippen molar-refractivity contribution >= 4 is 24.7 Å². The van der Waals surface area contributed by atoms with Gasteiger partial charge in [0.15, 0.2) is 0 Å². The van der Waals surface area contributed by atoms with Gasteiger partial charge in [-0.2, -0.15) is 0 Å². The molecule has 4 rings (SSSR count). The van der Waals surface area contributed by atoms with Crippen LogP contribution < -0.4 is 16.1 Å². The lowest BCUT2D eigenvalue weighted by atomic mass is 10.00. The Morgan fingerprint density at radius 3 is 1.80 bits per heavy atom. The van der Waals surface area contributed by atoms with E-state index in [1.807, 2.05) is 39.0 Å². The highest BCUT2D eigenvalue weighted by Crippen LogP contribution is 2.39. The van der Waals surface area contributed by atoms with Crippen molar-refractivity contribution in [2.24, 2.45) is 11.7 Å². The molecule has 1 aliphatic rings. The van der Waals surface area contributed by atoms with Gasteiger partial charge in [0, 0.05) is 25.7 Å². The molecule has 214 valence electrons. The number of carbonyl (C=O) groups excluding carboxylic acids is 1. The molecule has 3 atom stereocenters. The van der Waals surface area contributed by atoms with E-state index in [1.165, 1.54) is 10.4 Å². The minimum atomic E-state index is -2.72. The van der Waals surface area contributed by atoms with Crippen molar-refractivity contribution < 1.29 is 14.0 Å². The number of ether oxygens (including phenoxy) is 1. The summed E-state index contributed by atoms with van der Waals surface area (Å²) < 4.78 is 13.2.